The number of ether oxygens (including phenoxy) is 2. The van der Waals surface area contributed by atoms with Crippen molar-refractivity contribution < 1.29 is 19.4 Å². The van der Waals surface area contributed by atoms with Crippen LogP contribution in [0.4, 0.5) is 5.69 Å². The molecule has 3 aliphatic rings. The number of aromatic nitrogens is 1. The van der Waals surface area contributed by atoms with Gasteiger partial charge in [-0.3, -0.25) is 4.98 Å². The molecule has 126 valence electrons. The molecule has 1 aliphatic carbocycles. The minimum absolute atomic E-state index is 0.0933. The molecule has 1 aromatic carbocycles. The number of benzene rings is 1. The molecule has 0 spiro atoms. The van der Waals surface area contributed by atoms with Crippen molar-refractivity contribution in [2.24, 2.45) is 5.41 Å². The summed E-state index contributed by atoms with van der Waals surface area (Å²) in [4.78, 5) is 15.7. The molecule has 1 aromatic heterocycles. The van der Waals surface area contributed by atoms with Crippen LogP contribution in [0.25, 0.3) is 10.9 Å². The zero-order valence-electron chi connectivity index (χ0n) is 13.5. The first-order valence-electron chi connectivity index (χ1n) is 8.04. The van der Waals surface area contributed by atoms with Crippen LogP contribution in [0.2, 0.25) is 0 Å². The Morgan fingerprint density at radius 2 is 2.25 bits per heavy atom. The van der Waals surface area contributed by atoms with Crippen molar-refractivity contribution in [3.63, 3.8) is 0 Å². The summed E-state index contributed by atoms with van der Waals surface area (Å²) in [5, 5.41) is 13.4. The Kier molecular flexibility index (Phi) is 3.47. The number of carboxylic acid groups (broad SMARTS) is 1. The van der Waals surface area contributed by atoms with E-state index in [0.29, 0.717) is 17.5 Å². The lowest BCUT2D eigenvalue weighted by Crippen LogP contribution is -2.50. The molecule has 1 saturated carbocycles. The average Bonchev–Trinajstić information content (AvgIpc) is 3.08. The van der Waals surface area contributed by atoms with E-state index in [1.54, 1.807) is 37.6 Å². The fourth-order valence-electron chi connectivity index (χ4n) is 4.19. The minimum atomic E-state index is -0.939. The van der Waals surface area contributed by atoms with Gasteiger partial charge in [-0.15, -0.1) is 0 Å². The summed E-state index contributed by atoms with van der Waals surface area (Å²) in [6.45, 7) is 2.17. The summed E-state index contributed by atoms with van der Waals surface area (Å²) in [5.41, 5.74) is 1.87. The number of aromatic carboxylic acids is 1. The highest BCUT2D eigenvalue weighted by Gasteiger charge is 2.62. The third-order valence-electron chi connectivity index (χ3n) is 5.14. The second-order valence-electron chi connectivity index (χ2n) is 6.98. The van der Waals surface area contributed by atoms with Crippen LogP contribution in [0.3, 0.4) is 0 Å². The van der Waals surface area contributed by atoms with Gasteiger partial charge in [0.1, 0.15) is 0 Å². The van der Waals surface area contributed by atoms with Gasteiger partial charge in [0.25, 0.3) is 0 Å². The fraction of sp³-hybridized carbons (Fsp3) is 0.444. The quantitative estimate of drug-likeness (QED) is 0.848. The Balaban J connectivity index is 1.55. The zero-order valence-corrected chi connectivity index (χ0v) is 13.5. The Labute approximate surface area is 139 Å². The number of carbonyl (C=O) groups is 1. The molecular weight excluding hydrogens is 308 g/mol. The van der Waals surface area contributed by atoms with Crippen molar-refractivity contribution >= 4 is 22.6 Å². The van der Waals surface area contributed by atoms with E-state index < -0.39 is 5.97 Å². The Morgan fingerprint density at radius 1 is 1.42 bits per heavy atom. The first-order chi connectivity index (χ1) is 11.6. The highest BCUT2D eigenvalue weighted by Crippen LogP contribution is 2.57. The smallest absolute Gasteiger partial charge is 0.336 e. The van der Waals surface area contributed by atoms with E-state index >= 15 is 0 Å². The second kappa shape index (κ2) is 5.43. The van der Waals surface area contributed by atoms with Gasteiger partial charge in [0.05, 0.1) is 35.6 Å². The van der Waals surface area contributed by atoms with E-state index in [0.717, 1.165) is 31.7 Å². The summed E-state index contributed by atoms with van der Waals surface area (Å²) in [5.74, 6) is -0.939. The standard InChI is InChI=1S/C18H20N2O4/c1-23-11-18-7-17(8-18,10-24-18)9-20-14-5-4-13(16(21)22)12-3-2-6-19-15(12)14/h2-6,20H,7-11H2,1H3,(H,21,22). The number of fused-ring (bicyclic) bond motifs is 2. The van der Waals surface area contributed by atoms with Gasteiger partial charge in [0.2, 0.25) is 0 Å². The van der Waals surface area contributed by atoms with Crippen LogP contribution in [0, 0.1) is 5.41 Å². The third kappa shape index (κ3) is 2.34. The van der Waals surface area contributed by atoms with Crippen molar-refractivity contribution in [1.82, 2.24) is 4.98 Å². The number of hydrogen-bond donors (Lipinski definition) is 2. The van der Waals surface area contributed by atoms with E-state index in [1.807, 2.05) is 0 Å². The first kappa shape index (κ1) is 15.4. The summed E-state index contributed by atoms with van der Waals surface area (Å²) < 4.78 is 11.2. The molecule has 0 radical (unpaired) electrons. The molecular formula is C18H20N2O4. The molecule has 0 amide bonds. The molecule has 5 rings (SSSR count). The van der Waals surface area contributed by atoms with E-state index in [4.69, 9.17) is 9.47 Å². The maximum Gasteiger partial charge on any atom is 0.336 e. The second-order valence-corrected chi connectivity index (χ2v) is 6.98. The predicted octanol–water partition coefficient (Wildman–Crippen LogP) is 2.54. The molecule has 2 aliphatic heterocycles. The highest BCUT2D eigenvalue weighted by atomic mass is 16.5. The van der Waals surface area contributed by atoms with Crippen molar-refractivity contribution in [3.05, 3.63) is 36.0 Å². The number of rotatable bonds is 6. The van der Waals surface area contributed by atoms with Crippen LogP contribution in [-0.4, -0.2) is 48.5 Å². The van der Waals surface area contributed by atoms with Gasteiger partial charge in [0, 0.05) is 30.7 Å². The van der Waals surface area contributed by atoms with Crippen molar-refractivity contribution in [3.8, 4) is 0 Å². The van der Waals surface area contributed by atoms with Gasteiger partial charge >= 0.3 is 5.97 Å². The van der Waals surface area contributed by atoms with Crippen LogP contribution in [0.15, 0.2) is 30.5 Å². The Morgan fingerprint density at radius 3 is 3.00 bits per heavy atom. The largest absolute Gasteiger partial charge is 0.478 e. The van der Waals surface area contributed by atoms with Gasteiger partial charge < -0.3 is 19.9 Å². The lowest BCUT2D eigenvalue weighted by atomic mass is 9.62. The van der Waals surface area contributed by atoms with Gasteiger partial charge in [0.15, 0.2) is 0 Å². The SMILES string of the molecule is COCC12CC(CNc3ccc(C(=O)O)c4cccnc34)(CO1)C2. The van der Waals surface area contributed by atoms with Crippen LogP contribution in [0.1, 0.15) is 23.2 Å². The average molecular weight is 328 g/mol. The van der Waals surface area contributed by atoms with Crippen LogP contribution >= 0.6 is 0 Å². The third-order valence-corrected chi connectivity index (χ3v) is 5.14. The molecule has 24 heavy (non-hydrogen) atoms. The van der Waals surface area contributed by atoms with Crippen LogP contribution < -0.4 is 5.32 Å². The molecule has 0 atom stereocenters. The lowest BCUT2D eigenvalue weighted by molar-refractivity contribution is -0.0686. The zero-order chi connectivity index (χ0) is 16.8. The molecule has 6 heteroatoms. The van der Waals surface area contributed by atoms with Gasteiger partial charge in [-0.05, 0) is 31.0 Å². The van der Waals surface area contributed by atoms with Gasteiger partial charge in [-0.2, -0.15) is 0 Å². The Hall–Kier alpha value is -2.18. The number of carboxylic acids is 1. The molecule has 3 fully saturated rings. The normalized spacial score (nSPS) is 27.9. The van der Waals surface area contributed by atoms with Gasteiger partial charge in [-0.25, -0.2) is 4.79 Å². The first-order valence-corrected chi connectivity index (χ1v) is 8.04. The van der Waals surface area contributed by atoms with E-state index in [1.165, 1.54) is 0 Å². The highest BCUT2D eigenvalue weighted by molar-refractivity contribution is 6.06. The van der Waals surface area contributed by atoms with Crippen molar-refractivity contribution in [1.29, 1.82) is 0 Å². The molecule has 2 saturated heterocycles. The Bertz CT molecular complexity index is 799. The number of anilines is 1. The number of nitrogens with zero attached hydrogens (tertiary/aromatic N) is 1. The number of methoxy groups -OCH3 is 1. The van der Waals surface area contributed by atoms with Crippen LogP contribution in [0.5, 0.6) is 0 Å². The van der Waals surface area contributed by atoms with Crippen molar-refractivity contribution in [2.75, 3.05) is 32.2 Å². The summed E-state index contributed by atoms with van der Waals surface area (Å²) >= 11 is 0. The van der Waals surface area contributed by atoms with E-state index in [9.17, 15) is 9.90 Å². The fourth-order valence-corrected chi connectivity index (χ4v) is 4.19. The molecule has 6 nitrogen and oxygen atoms in total. The van der Waals surface area contributed by atoms with E-state index in [2.05, 4.69) is 10.3 Å². The summed E-state index contributed by atoms with van der Waals surface area (Å²) in [6, 6.07) is 6.98. The van der Waals surface area contributed by atoms with Gasteiger partial charge in [-0.1, -0.05) is 6.07 Å². The number of hydrogen-bond acceptors (Lipinski definition) is 5. The topological polar surface area (TPSA) is 80.7 Å². The predicted molar refractivity (Wildman–Crippen MR) is 89.4 cm³/mol. The molecule has 0 unspecified atom stereocenters. The monoisotopic (exact) mass is 328 g/mol. The molecule has 2 bridgehead atoms. The minimum Gasteiger partial charge on any atom is -0.478 e. The summed E-state index contributed by atoms with van der Waals surface area (Å²) in [7, 11) is 1.70. The number of nitrogens with one attached hydrogen (secondary N) is 1. The number of pyridine rings is 1. The maximum atomic E-state index is 11.4. The molecule has 2 aromatic rings. The maximum absolute atomic E-state index is 11.4. The molecule has 2 N–H and O–H groups in total. The molecule has 3 heterocycles. The summed E-state index contributed by atoms with van der Waals surface area (Å²) in [6.07, 6.45) is 3.68. The lowest BCUT2D eigenvalue weighted by Gasteiger charge is -2.44. The van der Waals surface area contributed by atoms with E-state index in [-0.39, 0.29) is 16.6 Å². The van der Waals surface area contributed by atoms with Crippen molar-refractivity contribution in [2.45, 2.75) is 18.4 Å². The van der Waals surface area contributed by atoms with Crippen LogP contribution in [-0.2, 0) is 9.47 Å².